The predicted octanol–water partition coefficient (Wildman–Crippen LogP) is -0.343. The van der Waals surface area contributed by atoms with Crippen molar-refractivity contribution in [2.75, 3.05) is 99.3 Å². The maximum absolute atomic E-state index is 12.4. The first-order valence-corrected chi connectivity index (χ1v) is 20.8. The summed E-state index contributed by atoms with van der Waals surface area (Å²) >= 11 is 12.1. The molecule has 0 spiro atoms. The SMILES string of the molecule is O=S(=O)(O)c1cc(Nc2nc(Cl)nc(N(CCO)CCO)n2)ccc1/C=C/c1ccc(Nc2nc(Cl)nc(N(CCO)CCO)n2)cc1S(=O)(=O)O.OCCNCCO. The number of aliphatic hydroxyl groups is 6. The van der Waals surface area contributed by atoms with E-state index in [-0.39, 0.29) is 123 Å². The van der Waals surface area contributed by atoms with E-state index in [1.54, 1.807) is 0 Å². The van der Waals surface area contributed by atoms with E-state index in [2.05, 4.69) is 45.9 Å². The van der Waals surface area contributed by atoms with Crippen LogP contribution in [-0.2, 0) is 20.2 Å². The molecule has 0 amide bonds. The molecule has 0 aliphatic heterocycles. The molecule has 0 aliphatic carbocycles. The molecule has 4 aromatic rings. The first-order valence-electron chi connectivity index (χ1n) is 17.2. The Hall–Kier alpha value is -4.48. The maximum atomic E-state index is 12.4. The van der Waals surface area contributed by atoms with Crippen molar-refractivity contribution >= 4 is 90.8 Å². The van der Waals surface area contributed by atoms with Gasteiger partial charge < -0.3 is 56.4 Å². The van der Waals surface area contributed by atoms with Gasteiger partial charge in [-0.2, -0.15) is 46.7 Å². The molecule has 23 nitrogen and oxygen atoms in total. The summed E-state index contributed by atoms with van der Waals surface area (Å²) in [5, 5.41) is 61.4. The molecule has 11 N–H and O–H groups in total. The molecular formula is C32H43Cl2N11O12S2. The number of nitrogens with zero attached hydrogens (tertiary/aromatic N) is 8. The lowest BCUT2D eigenvalue weighted by atomic mass is 10.1. The fourth-order valence-electron chi connectivity index (χ4n) is 4.85. The molecule has 0 saturated heterocycles. The van der Waals surface area contributed by atoms with Crippen LogP contribution < -0.4 is 25.8 Å². The van der Waals surface area contributed by atoms with E-state index in [0.29, 0.717) is 13.1 Å². The number of hydrogen-bond acceptors (Lipinski definition) is 21. The first kappa shape index (κ1) is 48.9. The van der Waals surface area contributed by atoms with Crippen molar-refractivity contribution in [3.8, 4) is 0 Å². The Kier molecular flexibility index (Phi) is 19.8. The fraction of sp³-hybridized carbons (Fsp3) is 0.375. The van der Waals surface area contributed by atoms with Gasteiger partial charge in [-0.25, -0.2) is 0 Å². The van der Waals surface area contributed by atoms with E-state index in [9.17, 15) is 46.4 Å². The second-order valence-corrected chi connectivity index (χ2v) is 15.0. The smallest absolute Gasteiger partial charge is 0.295 e. The topological polar surface area (TPSA) is 350 Å². The van der Waals surface area contributed by atoms with Crippen LogP contribution in [0.4, 0.5) is 35.2 Å². The van der Waals surface area contributed by atoms with Gasteiger partial charge in [0.2, 0.25) is 34.4 Å². The molecule has 0 saturated carbocycles. The van der Waals surface area contributed by atoms with Crippen molar-refractivity contribution < 1.29 is 56.6 Å². The van der Waals surface area contributed by atoms with E-state index in [1.165, 1.54) is 46.2 Å². The summed E-state index contributed by atoms with van der Waals surface area (Å²) in [6.45, 7) is 0.582. The van der Waals surface area contributed by atoms with Gasteiger partial charge >= 0.3 is 0 Å². The highest BCUT2D eigenvalue weighted by Gasteiger charge is 2.20. The molecule has 324 valence electrons. The van der Waals surface area contributed by atoms with Crippen LogP contribution in [0.2, 0.25) is 10.6 Å². The Bertz CT molecular complexity index is 2070. The van der Waals surface area contributed by atoms with Crippen LogP contribution in [0.15, 0.2) is 46.2 Å². The normalized spacial score (nSPS) is 11.6. The standard InChI is InChI=1S/C28H32Cl2N10O10S2.C4H11NO2/c29-23-33-25(37-27(35-23)39(7-11-41)8-12-42)31-19-5-3-17(21(15-19)51(45,46)47)1-2-18-4-6-20(16-22(18)52(48,49)50)32-26-34-24(30)36-28(38-26)40(9-13-43)10-14-44;6-3-1-5-2-4-7/h1-6,15-16,41-44H,7-14H2,(H,45,46,47)(H,48,49,50)(H,31,33,35,37)(H,32,34,36,38);5-7H,1-4H2/b2-1+;. The third kappa shape index (κ3) is 15.9. The Labute approximate surface area is 348 Å². The lowest BCUT2D eigenvalue weighted by Gasteiger charge is -2.20. The number of rotatable bonds is 22. The van der Waals surface area contributed by atoms with Gasteiger partial charge in [0.05, 0.1) is 39.6 Å². The van der Waals surface area contributed by atoms with Crippen LogP contribution in [0, 0.1) is 0 Å². The minimum atomic E-state index is -4.87. The number of nitrogens with one attached hydrogen (secondary N) is 3. The summed E-state index contributed by atoms with van der Waals surface area (Å²) < 4.78 is 69.6. The molecular weight excluding hydrogens is 865 g/mol. The van der Waals surface area contributed by atoms with E-state index in [1.807, 2.05) is 0 Å². The van der Waals surface area contributed by atoms with Crippen LogP contribution in [-0.4, -0.2) is 165 Å². The summed E-state index contributed by atoms with van der Waals surface area (Å²) in [6, 6.07) is 7.49. The molecule has 27 heteroatoms. The minimum absolute atomic E-state index is 0.0145. The molecule has 0 fully saturated rings. The summed E-state index contributed by atoms with van der Waals surface area (Å²) in [5.41, 5.74) is 0.0111. The average Bonchev–Trinajstić information content (AvgIpc) is 3.17. The summed E-state index contributed by atoms with van der Waals surface area (Å²) in [4.78, 5) is 25.9. The lowest BCUT2D eigenvalue weighted by molar-refractivity contribution is 0.266. The van der Waals surface area contributed by atoms with Gasteiger partial charge in [-0.15, -0.1) is 0 Å². The molecule has 2 heterocycles. The minimum Gasteiger partial charge on any atom is -0.395 e. The second-order valence-electron chi connectivity index (χ2n) is 11.6. The average molecular weight is 909 g/mol. The Balaban J connectivity index is 0.00000122. The number of halogens is 2. The number of aliphatic hydroxyl groups excluding tert-OH is 6. The molecule has 59 heavy (non-hydrogen) atoms. The Morgan fingerprint density at radius 2 is 0.898 bits per heavy atom. The van der Waals surface area contributed by atoms with Crippen molar-refractivity contribution in [3.05, 3.63) is 58.1 Å². The highest BCUT2D eigenvalue weighted by molar-refractivity contribution is 7.86. The zero-order chi connectivity index (χ0) is 43.6. The van der Waals surface area contributed by atoms with E-state index < -0.39 is 30.0 Å². The van der Waals surface area contributed by atoms with Crippen molar-refractivity contribution in [1.82, 2.24) is 35.2 Å². The maximum Gasteiger partial charge on any atom is 0.295 e. The number of benzene rings is 2. The highest BCUT2D eigenvalue weighted by Crippen LogP contribution is 2.28. The molecule has 2 aromatic heterocycles. The zero-order valence-corrected chi connectivity index (χ0v) is 34.1. The molecule has 4 rings (SSSR count). The van der Waals surface area contributed by atoms with Crippen molar-refractivity contribution in [1.29, 1.82) is 0 Å². The zero-order valence-electron chi connectivity index (χ0n) is 31.0. The van der Waals surface area contributed by atoms with E-state index in [0.717, 1.165) is 12.1 Å². The van der Waals surface area contributed by atoms with Crippen molar-refractivity contribution in [3.63, 3.8) is 0 Å². The van der Waals surface area contributed by atoms with Crippen LogP contribution in [0.1, 0.15) is 11.1 Å². The predicted molar refractivity (Wildman–Crippen MR) is 217 cm³/mol. The Morgan fingerprint density at radius 1 is 0.542 bits per heavy atom. The van der Waals surface area contributed by atoms with Gasteiger partial charge in [0.25, 0.3) is 20.2 Å². The fourth-order valence-corrected chi connectivity index (χ4v) is 6.58. The van der Waals surface area contributed by atoms with Gasteiger partial charge in [-0.05, 0) is 58.6 Å². The lowest BCUT2D eigenvalue weighted by Crippen LogP contribution is -2.31. The first-order chi connectivity index (χ1) is 28.1. The van der Waals surface area contributed by atoms with E-state index in [4.69, 9.17) is 33.4 Å². The van der Waals surface area contributed by atoms with Crippen LogP contribution in [0.3, 0.4) is 0 Å². The Morgan fingerprint density at radius 3 is 1.20 bits per heavy atom. The third-order valence-electron chi connectivity index (χ3n) is 7.35. The van der Waals surface area contributed by atoms with E-state index >= 15 is 0 Å². The summed E-state index contributed by atoms with van der Waals surface area (Å²) in [6.07, 6.45) is 2.39. The molecule has 0 atom stereocenters. The molecule has 0 bridgehead atoms. The quantitative estimate of drug-likeness (QED) is 0.0273. The molecule has 0 unspecified atom stereocenters. The van der Waals surface area contributed by atoms with Gasteiger partial charge in [-0.3, -0.25) is 9.11 Å². The number of hydrogen-bond donors (Lipinski definition) is 11. The van der Waals surface area contributed by atoms with Crippen LogP contribution >= 0.6 is 23.2 Å². The molecule has 0 radical (unpaired) electrons. The molecule has 2 aromatic carbocycles. The van der Waals surface area contributed by atoms with Crippen molar-refractivity contribution in [2.24, 2.45) is 0 Å². The molecule has 0 aliphatic rings. The number of anilines is 6. The van der Waals surface area contributed by atoms with Gasteiger partial charge in [0.1, 0.15) is 9.79 Å². The van der Waals surface area contributed by atoms with Crippen LogP contribution in [0.25, 0.3) is 12.2 Å². The van der Waals surface area contributed by atoms with Crippen LogP contribution in [0.5, 0.6) is 0 Å². The number of aromatic nitrogens is 6. The largest absolute Gasteiger partial charge is 0.395 e. The van der Waals surface area contributed by atoms with Gasteiger partial charge in [0, 0.05) is 50.6 Å². The highest BCUT2D eigenvalue weighted by atomic mass is 35.5. The monoisotopic (exact) mass is 907 g/mol. The second kappa shape index (κ2) is 23.9. The third-order valence-corrected chi connectivity index (χ3v) is 9.51. The summed E-state index contributed by atoms with van der Waals surface area (Å²) in [5.74, 6) is -0.230. The van der Waals surface area contributed by atoms with Gasteiger partial charge in [0.15, 0.2) is 0 Å². The summed E-state index contributed by atoms with van der Waals surface area (Å²) in [7, 11) is -9.74. The van der Waals surface area contributed by atoms with Gasteiger partial charge in [-0.1, -0.05) is 24.3 Å². The van der Waals surface area contributed by atoms with Crippen molar-refractivity contribution in [2.45, 2.75) is 9.79 Å².